The van der Waals surface area contributed by atoms with Crippen LogP contribution in [0.15, 0.2) is 54.9 Å². The second-order valence-corrected chi connectivity index (χ2v) is 5.87. The maximum atomic E-state index is 6.38. The predicted octanol–water partition coefficient (Wildman–Crippen LogP) is 4.56. The zero-order chi connectivity index (χ0) is 13.5. The molecule has 3 atom stereocenters. The zero-order valence-corrected chi connectivity index (χ0v) is 11.7. The van der Waals surface area contributed by atoms with Crippen LogP contribution in [0.3, 0.4) is 0 Å². The highest BCUT2D eigenvalue weighted by Gasteiger charge is 2.38. The van der Waals surface area contributed by atoms with Crippen molar-refractivity contribution in [2.24, 2.45) is 5.92 Å². The molecule has 100 valence electrons. The van der Waals surface area contributed by atoms with Gasteiger partial charge in [0, 0.05) is 18.3 Å². The minimum absolute atomic E-state index is 0.274. The summed E-state index contributed by atoms with van der Waals surface area (Å²) in [7, 11) is 0. The molecule has 1 aromatic heterocycles. The number of allylic oxidation sites excluding steroid dienone is 2. The highest BCUT2D eigenvalue weighted by atomic mass is 35.5. The molecule has 2 heterocycles. The molecule has 1 aliphatic heterocycles. The summed E-state index contributed by atoms with van der Waals surface area (Å²) in [4.78, 5) is 4.26. The van der Waals surface area contributed by atoms with Crippen LogP contribution in [0.25, 0.3) is 0 Å². The Balaban J connectivity index is 1.83. The number of halogens is 1. The van der Waals surface area contributed by atoms with Gasteiger partial charge < -0.3 is 5.32 Å². The summed E-state index contributed by atoms with van der Waals surface area (Å²) in [5, 5.41) is 4.44. The smallest absolute Gasteiger partial charge is 0.0640 e. The van der Waals surface area contributed by atoms with E-state index >= 15 is 0 Å². The molecular weight excluding hydrogens is 268 g/mol. The maximum Gasteiger partial charge on any atom is 0.0640 e. The number of rotatable bonds is 1. The first-order valence-electron chi connectivity index (χ1n) is 6.96. The lowest BCUT2D eigenvalue weighted by atomic mass is 9.77. The molecule has 1 aliphatic carbocycles. The summed E-state index contributed by atoms with van der Waals surface area (Å²) in [5.74, 6) is 1.00. The normalized spacial score (nSPS) is 26.8. The van der Waals surface area contributed by atoms with Crippen molar-refractivity contribution < 1.29 is 0 Å². The molecule has 0 bridgehead atoms. The third kappa shape index (κ3) is 1.75. The average Bonchev–Trinajstić information content (AvgIpc) is 2.97. The number of para-hydroxylation sites is 1. The molecule has 2 aromatic rings. The summed E-state index contributed by atoms with van der Waals surface area (Å²) in [6.45, 7) is 0. The summed E-state index contributed by atoms with van der Waals surface area (Å²) in [5.41, 5.74) is 3.63. The molecule has 2 nitrogen and oxygen atoms in total. The van der Waals surface area contributed by atoms with Crippen LogP contribution in [0.4, 0.5) is 5.69 Å². The van der Waals surface area contributed by atoms with Gasteiger partial charge in [-0.15, -0.1) is 0 Å². The van der Waals surface area contributed by atoms with E-state index in [1.165, 1.54) is 11.1 Å². The fourth-order valence-electron chi connectivity index (χ4n) is 3.47. The van der Waals surface area contributed by atoms with Gasteiger partial charge in [0.05, 0.1) is 16.8 Å². The Labute approximate surface area is 123 Å². The summed E-state index contributed by atoms with van der Waals surface area (Å²) < 4.78 is 0. The van der Waals surface area contributed by atoms with Crippen LogP contribution in [0.2, 0.25) is 5.02 Å². The number of fused-ring (bicyclic) bond motifs is 3. The van der Waals surface area contributed by atoms with E-state index in [9.17, 15) is 0 Å². The molecule has 1 aromatic carbocycles. The lowest BCUT2D eigenvalue weighted by Gasteiger charge is -2.37. The molecule has 1 N–H and O–H groups in total. The molecule has 3 heteroatoms. The summed E-state index contributed by atoms with van der Waals surface area (Å²) in [6, 6.07) is 10.6. The van der Waals surface area contributed by atoms with Crippen molar-refractivity contribution >= 4 is 17.3 Å². The van der Waals surface area contributed by atoms with E-state index in [4.69, 9.17) is 11.6 Å². The minimum atomic E-state index is 0.274. The second kappa shape index (κ2) is 4.64. The first kappa shape index (κ1) is 12.0. The summed E-state index contributed by atoms with van der Waals surface area (Å²) >= 11 is 6.38. The van der Waals surface area contributed by atoms with E-state index < -0.39 is 0 Å². The van der Waals surface area contributed by atoms with Gasteiger partial charge in [-0.2, -0.15) is 0 Å². The van der Waals surface area contributed by atoms with E-state index in [1.54, 1.807) is 0 Å². The van der Waals surface area contributed by atoms with E-state index in [1.807, 2.05) is 30.6 Å². The lowest BCUT2D eigenvalue weighted by Crippen LogP contribution is -2.29. The van der Waals surface area contributed by atoms with E-state index in [0.29, 0.717) is 11.8 Å². The molecule has 0 amide bonds. The van der Waals surface area contributed by atoms with Gasteiger partial charge in [-0.05, 0) is 35.6 Å². The molecule has 0 spiro atoms. The number of hydrogen-bond acceptors (Lipinski definition) is 2. The molecule has 0 fully saturated rings. The van der Waals surface area contributed by atoms with Crippen molar-refractivity contribution in [3.63, 3.8) is 0 Å². The Kier molecular flexibility index (Phi) is 2.78. The van der Waals surface area contributed by atoms with Gasteiger partial charge in [-0.25, -0.2) is 0 Å². The number of aromatic nitrogens is 1. The van der Waals surface area contributed by atoms with Gasteiger partial charge in [0.15, 0.2) is 0 Å². The van der Waals surface area contributed by atoms with Gasteiger partial charge in [-0.1, -0.05) is 42.0 Å². The van der Waals surface area contributed by atoms with Gasteiger partial charge in [-0.3, -0.25) is 4.98 Å². The summed E-state index contributed by atoms with van der Waals surface area (Å²) in [6.07, 6.45) is 9.48. The second-order valence-electron chi connectivity index (χ2n) is 5.47. The standard InChI is InChI=1S/C17H15ClN2/c18-15-8-2-7-14-12-5-1-6-13(12)16(20-17(14)15)11-4-3-9-19-10-11/h1-5,7-10,12-13,16,20H,6H2. The first-order valence-corrected chi connectivity index (χ1v) is 7.34. The van der Waals surface area contributed by atoms with Crippen LogP contribution in [-0.2, 0) is 0 Å². The Bertz CT molecular complexity index is 666. The molecule has 0 saturated carbocycles. The van der Waals surface area contributed by atoms with Crippen molar-refractivity contribution in [3.05, 3.63) is 71.0 Å². The van der Waals surface area contributed by atoms with Crippen LogP contribution < -0.4 is 5.32 Å². The van der Waals surface area contributed by atoms with Crippen molar-refractivity contribution in [3.8, 4) is 0 Å². The van der Waals surface area contributed by atoms with Gasteiger partial charge in [0.2, 0.25) is 0 Å². The molecule has 4 rings (SSSR count). The Morgan fingerprint density at radius 3 is 3.00 bits per heavy atom. The Morgan fingerprint density at radius 2 is 2.15 bits per heavy atom. The third-order valence-corrected chi connectivity index (χ3v) is 4.70. The Morgan fingerprint density at radius 1 is 1.20 bits per heavy atom. The van der Waals surface area contributed by atoms with Gasteiger partial charge in [0.25, 0.3) is 0 Å². The number of benzene rings is 1. The number of hydrogen-bond donors (Lipinski definition) is 1. The van der Waals surface area contributed by atoms with Gasteiger partial charge >= 0.3 is 0 Å². The zero-order valence-electron chi connectivity index (χ0n) is 11.0. The van der Waals surface area contributed by atoms with Crippen molar-refractivity contribution in [2.75, 3.05) is 5.32 Å². The number of nitrogens with zero attached hydrogens (tertiary/aromatic N) is 1. The minimum Gasteiger partial charge on any atom is -0.376 e. The molecular formula is C17H15ClN2. The topological polar surface area (TPSA) is 24.9 Å². The van der Waals surface area contributed by atoms with Crippen molar-refractivity contribution in [1.82, 2.24) is 4.98 Å². The quantitative estimate of drug-likeness (QED) is 0.776. The van der Waals surface area contributed by atoms with E-state index in [0.717, 1.165) is 17.1 Å². The lowest BCUT2D eigenvalue weighted by molar-refractivity contribution is 0.425. The maximum absolute atomic E-state index is 6.38. The first-order chi connectivity index (χ1) is 9.84. The molecule has 20 heavy (non-hydrogen) atoms. The van der Waals surface area contributed by atoms with Crippen molar-refractivity contribution in [2.45, 2.75) is 18.4 Å². The fraction of sp³-hybridized carbons (Fsp3) is 0.235. The van der Waals surface area contributed by atoms with Crippen LogP contribution in [-0.4, -0.2) is 4.98 Å². The molecule has 0 radical (unpaired) electrons. The SMILES string of the molecule is Clc1cccc2c1NC(c1cccnc1)C1CC=CC21. The van der Waals surface area contributed by atoms with Crippen LogP contribution in [0.5, 0.6) is 0 Å². The number of pyridine rings is 1. The van der Waals surface area contributed by atoms with Crippen LogP contribution in [0, 0.1) is 5.92 Å². The Hall–Kier alpha value is -1.80. The van der Waals surface area contributed by atoms with Crippen LogP contribution >= 0.6 is 11.6 Å². The number of nitrogens with one attached hydrogen (secondary N) is 1. The monoisotopic (exact) mass is 282 g/mol. The average molecular weight is 283 g/mol. The predicted molar refractivity (Wildman–Crippen MR) is 82.0 cm³/mol. The largest absolute Gasteiger partial charge is 0.376 e. The van der Waals surface area contributed by atoms with Crippen molar-refractivity contribution in [1.29, 1.82) is 0 Å². The van der Waals surface area contributed by atoms with Gasteiger partial charge in [0.1, 0.15) is 0 Å². The van der Waals surface area contributed by atoms with E-state index in [-0.39, 0.29) is 6.04 Å². The highest BCUT2D eigenvalue weighted by Crippen LogP contribution is 2.51. The fourth-order valence-corrected chi connectivity index (χ4v) is 3.71. The highest BCUT2D eigenvalue weighted by molar-refractivity contribution is 6.33. The third-order valence-electron chi connectivity index (χ3n) is 4.39. The molecule has 0 saturated heterocycles. The van der Waals surface area contributed by atoms with Crippen LogP contribution in [0.1, 0.15) is 29.5 Å². The molecule has 3 unspecified atom stereocenters. The van der Waals surface area contributed by atoms with E-state index in [2.05, 4.69) is 34.6 Å². The number of anilines is 1. The molecule has 2 aliphatic rings.